The predicted octanol–water partition coefficient (Wildman–Crippen LogP) is 5.56. The minimum absolute atomic E-state index is 0.0549. The second kappa shape index (κ2) is 9.23. The van der Waals surface area contributed by atoms with Gasteiger partial charge in [-0.2, -0.15) is 0 Å². The van der Waals surface area contributed by atoms with Gasteiger partial charge in [0.05, 0.1) is 12.0 Å². The lowest BCUT2D eigenvalue weighted by atomic mass is 10.2. The predicted molar refractivity (Wildman–Crippen MR) is 112 cm³/mol. The molecule has 0 fully saturated rings. The van der Waals surface area contributed by atoms with E-state index in [1.165, 1.54) is 12.1 Å². The summed E-state index contributed by atoms with van der Waals surface area (Å²) in [6.07, 6.45) is 0. The molecule has 3 rings (SSSR count). The molecule has 1 N–H and O–H groups in total. The van der Waals surface area contributed by atoms with Crippen LogP contribution in [0.2, 0.25) is 0 Å². The van der Waals surface area contributed by atoms with Crippen molar-refractivity contribution in [3.05, 3.63) is 92.4 Å². The number of hydrogen-bond acceptors (Lipinski definition) is 5. The van der Waals surface area contributed by atoms with E-state index in [1.54, 1.807) is 19.2 Å². The molecule has 144 valence electrons. The fourth-order valence-electron chi connectivity index (χ4n) is 2.62. The van der Waals surface area contributed by atoms with Crippen LogP contribution in [0.25, 0.3) is 0 Å². The molecule has 3 aromatic rings. The van der Waals surface area contributed by atoms with Gasteiger partial charge in [0.25, 0.3) is 5.69 Å². The quantitative estimate of drug-likeness (QED) is 0.365. The third-order valence-corrected chi connectivity index (χ3v) is 4.62. The zero-order valence-electron chi connectivity index (χ0n) is 15.2. The van der Waals surface area contributed by atoms with Crippen LogP contribution >= 0.6 is 15.9 Å². The monoisotopic (exact) mass is 442 g/mol. The highest BCUT2D eigenvalue weighted by molar-refractivity contribution is 9.10. The summed E-state index contributed by atoms with van der Waals surface area (Å²) in [7, 11) is 1.60. The fourth-order valence-corrected chi connectivity index (χ4v) is 2.88. The van der Waals surface area contributed by atoms with Crippen LogP contribution in [0.15, 0.2) is 71.2 Å². The molecule has 28 heavy (non-hydrogen) atoms. The Balaban J connectivity index is 1.64. The molecule has 0 atom stereocenters. The molecule has 0 spiro atoms. The first-order chi connectivity index (χ1) is 13.5. The van der Waals surface area contributed by atoms with Gasteiger partial charge in [-0.1, -0.05) is 40.2 Å². The Morgan fingerprint density at radius 1 is 1.00 bits per heavy atom. The van der Waals surface area contributed by atoms with E-state index in [9.17, 15) is 10.1 Å². The highest BCUT2D eigenvalue weighted by Crippen LogP contribution is 2.29. The fraction of sp³-hybridized carbons (Fsp3) is 0.143. The van der Waals surface area contributed by atoms with E-state index in [0.717, 1.165) is 15.6 Å². The van der Waals surface area contributed by atoms with Gasteiger partial charge in [0, 0.05) is 28.8 Å². The molecular weight excluding hydrogens is 424 g/mol. The minimum Gasteiger partial charge on any atom is -0.493 e. The molecule has 0 saturated heterocycles. The SMILES string of the molecule is COc1cc(CNc2cccc([N+](=O)[O-])c2)ccc1OCc1ccc(Br)cc1. The van der Waals surface area contributed by atoms with E-state index in [1.807, 2.05) is 42.5 Å². The van der Waals surface area contributed by atoms with Gasteiger partial charge < -0.3 is 14.8 Å². The first-order valence-electron chi connectivity index (χ1n) is 8.57. The molecule has 7 heteroatoms. The Hall–Kier alpha value is -3.06. The molecule has 0 aliphatic rings. The average molecular weight is 443 g/mol. The van der Waals surface area contributed by atoms with E-state index < -0.39 is 4.92 Å². The lowest BCUT2D eigenvalue weighted by Gasteiger charge is -2.13. The zero-order valence-corrected chi connectivity index (χ0v) is 16.8. The van der Waals surface area contributed by atoms with Crippen molar-refractivity contribution < 1.29 is 14.4 Å². The maximum absolute atomic E-state index is 10.9. The molecule has 0 heterocycles. The number of hydrogen-bond donors (Lipinski definition) is 1. The number of rotatable bonds is 8. The van der Waals surface area contributed by atoms with Gasteiger partial charge in [0.2, 0.25) is 0 Å². The smallest absolute Gasteiger partial charge is 0.271 e. The number of methoxy groups -OCH3 is 1. The highest BCUT2D eigenvalue weighted by atomic mass is 79.9. The average Bonchev–Trinajstić information content (AvgIpc) is 2.72. The van der Waals surface area contributed by atoms with Crippen molar-refractivity contribution in [3.63, 3.8) is 0 Å². The van der Waals surface area contributed by atoms with Crippen LogP contribution in [0.3, 0.4) is 0 Å². The molecule has 0 aliphatic heterocycles. The summed E-state index contributed by atoms with van der Waals surface area (Å²) in [5.41, 5.74) is 2.77. The number of ether oxygens (including phenoxy) is 2. The lowest BCUT2D eigenvalue weighted by Crippen LogP contribution is -2.02. The maximum atomic E-state index is 10.9. The molecule has 0 aromatic heterocycles. The number of halogens is 1. The van der Waals surface area contributed by atoms with Gasteiger partial charge in [-0.05, 0) is 41.5 Å². The number of anilines is 1. The van der Waals surface area contributed by atoms with E-state index >= 15 is 0 Å². The van der Waals surface area contributed by atoms with E-state index in [0.29, 0.717) is 30.3 Å². The Kier molecular flexibility index (Phi) is 6.49. The van der Waals surface area contributed by atoms with Gasteiger partial charge in [0.15, 0.2) is 11.5 Å². The molecule has 6 nitrogen and oxygen atoms in total. The summed E-state index contributed by atoms with van der Waals surface area (Å²) in [4.78, 5) is 10.5. The lowest BCUT2D eigenvalue weighted by molar-refractivity contribution is -0.384. The third kappa shape index (κ3) is 5.23. The van der Waals surface area contributed by atoms with Gasteiger partial charge in [-0.3, -0.25) is 10.1 Å². The Bertz CT molecular complexity index is 961. The molecule has 0 saturated carbocycles. The van der Waals surface area contributed by atoms with Crippen LogP contribution in [-0.4, -0.2) is 12.0 Å². The molecule has 0 radical (unpaired) electrons. The van der Waals surface area contributed by atoms with Crippen molar-refractivity contribution in [2.75, 3.05) is 12.4 Å². The van der Waals surface area contributed by atoms with Crippen molar-refractivity contribution in [2.24, 2.45) is 0 Å². The molecule has 0 unspecified atom stereocenters. The number of nitro benzene ring substituents is 1. The second-order valence-electron chi connectivity index (χ2n) is 6.06. The van der Waals surface area contributed by atoms with Crippen molar-refractivity contribution >= 4 is 27.3 Å². The molecule has 0 aliphatic carbocycles. The summed E-state index contributed by atoms with van der Waals surface area (Å²) in [5, 5.41) is 14.1. The Morgan fingerprint density at radius 2 is 1.75 bits per heavy atom. The molecule has 3 aromatic carbocycles. The number of non-ortho nitro benzene ring substituents is 1. The number of benzene rings is 3. The minimum atomic E-state index is -0.411. The van der Waals surface area contributed by atoms with Crippen molar-refractivity contribution in [1.82, 2.24) is 0 Å². The molecule has 0 amide bonds. The van der Waals surface area contributed by atoms with Crippen LogP contribution in [-0.2, 0) is 13.2 Å². The summed E-state index contributed by atoms with van der Waals surface area (Å²) in [6.45, 7) is 0.944. The maximum Gasteiger partial charge on any atom is 0.271 e. The van der Waals surface area contributed by atoms with Crippen LogP contribution in [0.4, 0.5) is 11.4 Å². The number of nitrogens with zero attached hydrogens (tertiary/aromatic N) is 1. The zero-order chi connectivity index (χ0) is 19.9. The summed E-state index contributed by atoms with van der Waals surface area (Å²) in [5.74, 6) is 1.29. The highest BCUT2D eigenvalue weighted by Gasteiger charge is 2.08. The van der Waals surface area contributed by atoms with E-state index in [4.69, 9.17) is 9.47 Å². The summed E-state index contributed by atoms with van der Waals surface area (Å²) >= 11 is 3.41. The summed E-state index contributed by atoms with van der Waals surface area (Å²) < 4.78 is 12.3. The van der Waals surface area contributed by atoms with Gasteiger partial charge in [-0.25, -0.2) is 0 Å². The largest absolute Gasteiger partial charge is 0.493 e. The van der Waals surface area contributed by atoms with E-state index in [2.05, 4.69) is 21.2 Å². The Labute approximate surface area is 171 Å². The van der Waals surface area contributed by atoms with Crippen molar-refractivity contribution in [1.29, 1.82) is 0 Å². The second-order valence-corrected chi connectivity index (χ2v) is 6.98. The third-order valence-electron chi connectivity index (χ3n) is 4.09. The van der Waals surface area contributed by atoms with Crippen LogP contribution in [0, 0.1) is 10.1 Å². The number of nitro groups is 1. The van der Waals surface area contributed by atoms with Gasteiger partial charge in [-0.15, -0.1) is 0 Å². The first-order valence-corrected chi connectivity index (χ1v) is 9.37. The van der Waals surface area contributed by atoms with Crippen molar-refractivity contribution in [3.8, 4) is 11.5 Å². The topological polar surface area (TPSA) is 73.6 Å². The van der Waals surface area contributed by atoms with E-state index in [-0.39, 0.29) is 5.69 Å². The number of nitrogens with one attached hydrogen (secondary N) is 1. The Morgan fingerprint density at radius 3 is 2.46 bits per heavy atom. The van der Waals surface area contributed by atoms with Crippen LogP contribution in [0.1, 0.15) is 11.1 Å². The van der Waals surface area contributed by atoms with Gasteiger partial charge >= 0.3 is 0 Å². The first kappa shape index (κ1) is 19.7. The molecular formula is C21H19BrN2O4. The van der Waals surface area contributed by atoms with Crippen LogP contribution < -0.4 is 14.8 Å². The van der Waals surface area contributed by atoms with Crippen LogP contribution in [0.5, 0.6) is 11.5 Å². The molecule has 0 bridgehead atoms. The van der Waals surface area contributed by atoms with Crippen molar-refractivity contribution in [2.45, 2.75) is 13.2 Å². The normalized spacial score (nSPS) is 10.4. The summed E-state index contributed by atoms with van der Waals surface area (Å²) in [6, 6.07) is 20.0. The van der Waals surface area contributed by atoms with Gasteiger partial charge in [0.1, 0.15) is 6.61 Å². The standard InChI is InChI=1S/C21H19BrN2O4/c1-27-21-11-16(13-23-18-3-2-4-19(12-18)24(25)26)7-10-20(21)28-14-15-5-8-17(22)9-6-15/h2-12,23H,13-14H2,1H3.